The number of hydrogen-bond acceptors (Lipinski definition) is 4. The molecule has 1 aromatic heterocycles. The van der Waals surface area contributed by atoms with E-state index in [-0.39, 0.29) is 12.1 Å². The average molecular weight is 295 g/mol. The molecule has 0 spiro atoms. The first-order valence-electron chi connectivity index (χ1n) is 7.00. The molecule has 3 atom stereocenters. The minimum Gasteiger partial charge on any atom is -0.458 e. The summed E-state index contributed by atoms with van der Waals surface area (Å²) in [6, 6.07) is 7.70. The summed E-state index contributed by atoms with van der Waals surface area (Å²) in [6.07, 6.45) is 2.18. The van der Waals surface area contributed by atoms with Gasteiger partial charge in [-0.15, -0.1) is 0 Å². The Morgan fingerprint density at radius 2 is 2.35 bits per heavy atom. The van der Waals surface area contributed by atoms with Crippen LogP contribution in [0.15, 0.2) is 28.7 Å². The number of para-hydroxylation sites is 1. The lowest BCUT2D eigenvalue weighted by Gasteiger charge is -2.24. The van der Waals surface area contributed by atoms with Crippen molar-refractivity contribution in [3.8, 4) is 0 Å². The number of nitrogens with two attached hydrogens (primary N) is 1. The van der Waals surface area contributed by atoms with E-state index in [0.29, 0.717) is 10.9 Å². The fourth-order valence-corrected chi connectivity index (χ4v) is 3.30. The number of nitrogens with one attached hydrogen (secondary N) is 1. The first-order valence-corrected chi connectivity index (χ1v) is 7.38. The van der Waals surface area contributed by atoms with Crippen molar-refractivity contribution >= 4 is 22.6 Å². The quantitative estimate of drug-likeness (QED) is 0.670. The normalized spacial score (nSPS) is 24.4. The summed E-state index contributed by atoms with van der Waals surface area (Å²) in [7, 11) is 0. The Hall–Kier alpha value is -1.07. The van der Waals surface area contributed by atoms with Crippen LogP contribution in [0.25, 0.3) is 11.0 Å². The summed E-state index contributed by atoms with van der Waals surface area (Å²) < 4.78 is 11.7. The van der Waals surface area contributed by atoms with Crippen LogP contribution in [0.5, 0.6) is 0 Å². The maximum Gasteiger partial charge on any atom is 0.152 e. The van der Waals surface area contributed by atoms with E-state index in [1.807, 2.05) is 24.3 Å². The minimum absolute atomic E-state index is 0.0501. The van der Waals surface area contributed by atoms with Crippen molar-refractivity contribution in [3.05, 3.63) is 35.0 Å². The fourth-order valence-electron chi connectivity index (χ4n) is 3.08. The molecule has 20 heavy (non-hydrogen) atoms. The van der Waals surface area contributed by atoms with Gasteiger partial charge in [-0.3, -0.25) is 5.84 Å². The third-order valence-corrected chi connectivity index (χ3v) is 4.39. The molecular weight excluding hydrogens is 276 g/mol. The highest BCUT2D eigenvalue weighted by atomic mass is 35.5. The van der Waals surface area contributed by atoms with Crippen molar-refractivity contribution in [1.82, 2.24) is 5.43 Å². The van der Waals surface area contributed by atoms with Gasteiger partial charge < -0.3 is 9.15 Å². The molecule has 1 saturated heterocycles. The summed E-state index contributed by atoms with van der Waals surface area (Å²) in [5.74, 6) is 6.91. The van der Waals surface area contributed by atoms with E-state index in [1.54, 1.807) is 0 Å². The highest BCUT2D eigenvalue weighted by molar-refractivity contribution is 6.34. The van der Waals surface area contributed by atoms with Crippen LogP contribution in [0.4, 0.5) is 0 Å². The number of ether oxygens (including phenoxy) is 1. The number of hydrogen-bond donors (Lipinski definition) is 2. The molecule has 1 aliphatic rings. The van der Waals surface area contributed by atoms with E-state index in [1.165, 1.54) is 0 Å². The maximum atomic E-state index is 6.16. The van der Waals surface area contributed by atoms with Crippen molar-refractivity contribution < 1.29 is 9.15 Å². The van der Waals surface area contributed by atoms with Gasteiger partial charge in [-0.1, -0.05) is 30.7 Å². The third kappa shape index (κ3) is 2.33. The molecule has 0 bridgehead atoms. The monoisotopic (exact) mass is 294 g/mol. The van der Waals surface area contributed by atoms with Crippen molar-refractivity contribution in [2.45, 2.75) is 31.9 Å². The van der Waals surface area contributed by atoms with Gasteiger partial charge in [0.1, 0.15) is 5.76 Å². The molecule has 1 aliphatic heterocycles. The Kier molecular flexibility index (Phi) is 3.98. The molecule has 0 radical (unpaired) electrons. The predicted molar refractivity (Wildman–Crippen MR) is 79.4 cm³/mol. The second-order valence-corrected chi connectivity index (χ2v) is 5.63. The summed E-state index contributed by atoms with van der Waals surface area (Å²) >= 11 is 6.16. The fraction of sp³-hybridized carbons (Fsp3) is 0.467. The van der Waals surface area contributed by atoms with Gasteiger partial charge in [0.25, 0.3) is 0 Å². The van der Waals surface area contributed by atoms with Crippen LogP contribution < -0.4 is 11.3 Å². The maximum absolute atomic E-state index is 6.16. The molecule has 5 heteroatoms. The lowest BCUT2D eigenvalue weighted by atomic mass is 9.90. The van der Waals surface area contributed by atoms with Crippen LogP contribution in [0.2, 0.25) is 5.02 Å². The van der Waals surface area contributed by atoms with E-state index in [0.717, 1.165) is 36.2 Å². The van der Waals surface area contributed by atoms with Crippen LogP contribution in [0.3, 0.4) is 0 Å². The molecule has 3 N–H and O–H groups in total. The molecule has 4 nitrogen and oxygen atoms in total. The van der Waals surface area contributed by atoms with Crippen molar-refractivity contribution in [1.29, 1.82) is 0 Å². The van der Waals surface area contributed by atoms with Crippen LogP contribution in [0, 0.1) is 5.92 Å². The van der Waals surface area contributed by atoms with Crippen LogP contribution in [-0.2, 0) is 4.74 Å². The topological polar surface area (TPSA) is 60.4 Å². The summed E-state index contributed by atoms with van der Waals surface area (Å²) in [5, 5.41) is 1.62. The molecule has 1 fully saturated rings. The lowest BCUT2D eigenvalue weighted by molar-refractivity contribution is 0.0749. The van der Waals surface area contributed by atoms with Crippen molar-refractivity contribution in [3.63, 3.8) is 0 Å². The van der Waals surface area contributed by atoms with E-state index in [2.05, 4.69) is 12.3 Å². The largest absolute Gasteiger partial charge is 0.458 e. The van der Waals surface area contributed by atoms with Gasteiger partial charge in [0.05, 0.1) is 17.2 Å². The number of benzene rings is 1. The van der Waals surface area contributed by atoms with E-state index >= 15 is 0 Å². The Morgan fingerprint density at radius 1 is 1.50 bits per heavy atom. The van der Waals surface area contributed by atoms with Gasteiger partial charge in [-0.05, 0) is 25.0 Å². The van der Waals surface area contributed by atoms with Gasteiger partial charge in [0.2, 0.25) is 0 Å². The zero-order valence-corrected chi connectivity index (χ0v) is 12.2. The Balaban J connectivity index is 1.97. The highest BCUT2D eigenvalue weighted by Crippen LogP contribution is 2.37. The SMILES string of the molecule is CCC1OCCC1C(NN)c1cc2cccc(Cl)c2o1. The number of fused-ring (bicyclic) bond motifs is 1. The second-order valence-electron chi connectivity index (χ2n) is 5.22. The van der Waals surface area contributed by atoms with Gasteiger partial charge in [-0.25, -0.2) is 5.43 Å². The zero-order chi connectivity index (χ0) is 14.1. The smallest absolute Gasteiger partial charge is 0.152 e. The van der Waals surface area contributed by atoms with Crippen LogP contribution in [-0.4, -0.2) is 12.7 Å². The zero-order valence-electron chi connectivity index (χ0n) is 11.4. The molecule has 108 valence electrons. The Labute approximate surface area is 123 Å². The lowest BCUT2D eigenvalue weighted by Crippen LogP contribution is -2.36. The van der Waals surface area contributed by atoms with Gasteiger partial charge >= 0.3 is 0 Å². The Bertz CT molecular complexity index is 599. The number of halogens is 1. The van der Waals surface area contributed by atoms with Crippen molar-refractivity contribution in [2.75, 3.05) is 6.61 Å². The molecule has 0 amide bonds. The van der Waals surface area contributed by atoms with Gasteiger partial charge in [-0.2, -0.15) is 0 Å². The molecule has 2 aromatic rings. The summed E-state index contributed by atoms with van der Waals surface area (Å²) in [4.78, 5) is 0. The van der Waals surface area contributed by atoms with Crippen molar-refractivity contribution in [2.24, 2.45) is 11.8 Å². The minimum atomic E-state index is -0.0501. The molecule has 2 heterocycles. The average Bonchev–Trinajstić information content (AvgIpc) is 3.07. The van der Waals surface area contributed by atoms with E-state index in [4.69, 9.17) is 26.6 Å². The third-order valence-electron chi connectivity index (χ3n) is 4.09. The highest BCUT2D eigenvalue weighted by Gasteiger charge is 2.35. The molecular formula is C15H19ClN2O2. The number of furan rings is 1. The molecule has 0 saturated carbocycles. The standard InChI is InChI=1S/C15H19ClN2O2/c1-2-12-10(6-7-19-12)14(18-17)13-8-9-4-3-5-11(16)15(9)20-13/h3-5,8,10,12,14,18H,2,6-7,17H2,1H3. The molecule has 3 rings (SSSR count). The predicted octanol–water partition coefficient (Wildman–Crippen LogP) is 3.41. The number of rotatable bonds is 4. The Morgan fingerprint density at radius 3 is 3.05 bits per heavy atom. The number of hydrazine groups is 1. The van der Waals surface area contributed by atoms with Crippen LogP contribution >= 0.6 is 11.6 Å². The van der Waals surface area contributed by atoms with Crippen LogP contribution in [0.1, 0.15) is 31.6 Å². The summed E-state index contributed by atoms with van der Waals surface area (Å²) in [6.45, 7) is 2.91. The molecule has 3 unspecified atom stereocenters. The molecule has 1 aromatic carbocycles. The first kappa shape index (κ1) is 13.9. The second kappa shape index (κ2) is 5.74. The van der Waals surface area contributed by atoms with E-state index < -0.39 is 0 Å². The first-order chi connectivity index (χ1) is 9.74. The van der Waals surface area contributed by atoms with Gasteiger partial charge in [0.15, 0.2) is 5.58 Å². The summed E-state index contributed by atoms with van der Waals surface area (Å²) in [5.41, 5.74) is 3.61. The molecule has 0 aliphatic carbocycles. The van der Waals surface area contributed by atoms with Gasteiger partial charge in [0, 0.05) is 17.9 Å². The van der Waals surface area contributed by atoms with E-state index in [9.17, 15) is 0 Å².